The van der Waals surface area contributed by atoms with Gasteiger partial charge < -0.3 is 28.4 Å². The van der Waals surface area contributed by atoms with E-state index in [1.54, 1.807) is 0 Å². The summed E-state index contributed by atoms with van der Waals surface area (Å²) in [5, 5.41) is 12.5. The second-order valence-electron chi connectivity index (χ2n) is 32.2. The van der Waals surface area contributed by atoms with E-state index in [4.69, 9.17) is 8.83 Å². The summed E-state index contributed by atoms with van der Waals surface area (Å²) in [4.78, 5) is 9.87. The average molecular weight is 1560 g/mol. The molecule has 0 saturated heterocycles. The lowest BCUT2D eigenvalue weighted by molar-refractivity contribution is 0.676. The molecule has 0 unspecified atom stereocenters. The summed E-state index contributed by atoms with van der Waals surface area (Å²) in [6, 6.07) is 155. The minimum Gasteiger partial charge on any atom is -0.455 e. The van der Waals surface area contributed by atoms with Gasteiger partial charge in [-0.15, -0.1) is 0 Å². The molecule has 22 rings (SSSR count). The molecule has 2 aromatic heterocycles. The van der Waals surface area contributed by atoms with Gasteiger partial charge in [0.25, 0.3) is 0 Å². The highest BCUT2D eigenvalue weighted by Crippen LogP contribution is 2.55. The number of benzene rings is 20. The normalized spacial score (nSPS) is 11.6. The van der Waals surface area contributed by atoms with Gasteiger partial charge in [0, 0.05) is 110 Å². The number of hydrogen-bond acceptors (Lipinski definition) is 6. The van der Waals surface area contributed by atoms with Crippen LogP contribution in [0.15, 0.2) is 433 Å². The first-order valence-corrected chi connectivity index (χ1v) is 41.9. The third-order valence-corrected chi connectivity index (χ3v) is 24.3. The van der Waals surface area contributed by atoms with E-state index < -0.39 is 0 Å². The lowest BCUT2D eigenvalue weighted by Gasteiger charge is -2.30. The smallest absolute Gasteiger partial charge is 0.143 e. The number of rotatable bonds is 17. The fourth-order valence-corrected chi connectivity index (χ4v) is 18.8. The number of aryl methyl sites for hydroxylation is 4. The maximum absolute atomic E-state index is 7.46. The summed E-state index contributed by atoms with van der Waals surface area (Å²) in [6.07, 6.45) is 0. The van der Waals surface area contributed by atoms with E-state index in [-0.39, 0.29) is 0 Å². The topological polar surface area (TPSA) is 39.2 Å². The molecular weight excluding hydrogens is 1480 g/mol. The Balaban J connectivity index is 0.735. The van der Waals surface area contributed by atoms with Gasteiger partial charge in [0.2, 0.25) is 0 Å². The Hall–Kier alpha value is -15.8. The van der Waals surface area contributed by atoms with Crippen molar-refractivity contribution in [1.82, 2.24) is 0 Å². The highest BCUT2D eigenvalue weighted by Gasteiger charge is 2.30. The van der Waals surface area contributed by atoms with Crippen molar-refractivity contribution in [2.45, 2.75) is 27.7 Å². The summed E-state index contributed by atoms with van der Waals surface area (Å²) in [5.41, 5.74) is 31.7. The van der Waals surface area contributed by atoms with Gasteiger partial charge in [0.15, 0.2) is 0 Å². The van der Waals surface area contributed by atoms with Crippen molar-refractivity contribution in [3.63, 3.8) is 0 Å². The largest absolute Gasteiger partial charge is 0.455 e. The number of fused-ring (bicyclic) bond motifs is 14. The molecule has 20 aromatic carbocycles. The second kappa shape index (κ2) is 30.3. The molecular formula is C116H82N4O2. The van der Waals surface area contributed by atoms with Crippen LogP contribution in [0.4, 0.5) is 68.2 Å². The molecule has 122 heavy (non-hydrogen) atoms. The number of furan rings is 2. The Labute approximate surface area is 709 Å². The molecule has 0 fully saturated rings. The fraction of sp³-hybridized carbons (Fsp3) is 0.0345. The molecule has 0 aliphatic rings. The lowest BCUT2D eigenvalue weighted by atomic mass is 9.95. The van der Waals surface area contributed by atoms with E-state index in [9.17, 15) is 0 Å². The monoisotopic (exact) mass is 1560 g/mol. The number of anilines is 12. The zero-order valence-electron chi connectivity index (χ0n) is 68.0. The summed E-state index contributed by atoms with van der Waals surface area (Å²) < 4.78 is 14.9. The molecule has 578 valence electrons. The highest BCUT2D eigenvalue weighted by atomic mass is 16.3. The van der Waals surface area contributed by atoms with E-state index in [1.807, 2.05) is 0 Å². The molecule has 0 amide bonds. The van der Waals surface area contributed by atoms with Gasteiger partial charge in [-0.3, -0.25) is 0 Å². The molecule has 0 N–H and O–H groups in total. The van der Waals surface area contributed by atoms with Crippen molar-refractivity contribution >= 4 is 155 Å². The van der Waals surface area contributed by atoms with Crippen molar-refractivity contribution in [3.05, 3.63) is 447 Å². The van der Waals surface area contributed by atoms with Crippen LogP contribution in [-0.4, -0.2) is 0 Å². The lowest BCUT2D eigenvalue weighted by Crippen LogP contribution is -2.12. The number of nitrogens with zero attached hydrogens (tertiary/aromatic N) is 4. The average Bonchev–Trinajstić information content (AvgIpc) is 1.43. The summed E-state index contributed by atoms with van der Waals surface area (Å²) in [5.74, 6) is 0. The molecule has 0 spiro atoms. The molecule has 22 aromatic rings. The molecule has 0 aliphatic heterocycles. The second-order valence-corrected chi connectivity index (χ2v) is 32.2. The molecule has 0 saturated carbocycles. The summed E-state index contributed by atoms with van der Waals surface area (Å²) in [6.45, 7) is 8.87. The van der Waals surface area contributed by atoms with Crippen LogP contribution in [0.5, 0.6) is 0 Å². The standard InChI is InChI=1S/C116H82N4O2/c1-75-33-29-45-86(64-75)117(88-47-31-43-83(68-88)79-35-9-5-10-36-79)109-71-103-104-72-110(96-52-18-22-56-100(96)114(104)121-113(103)99-55-21-17-51-95(99)109)118(89-48-32-44-84(69-89)80-37-11-6-12-38-80)91-66-77(3)63-85(70-91)92-62-61-90(67-78(92)4)120(108-60-28-26-50-94(108)82-41-15-8-16-42-82)112-74-106-105-73-111(97-53-19-23-57-101(97)115(105)122-116(106)102-58-24-20-54-98(102)112)119(87-46-30-34-76(2)65-87)107-59-27-25-49-93(107)81-39-13-7-14-40-81/h5-74H,1-4H3. The first-order chi connectivity index (χ1) is 60.2. The predicted molar refractivity (Wildman–Crippen MR) is 516 cm³/mol. The molecule has 2 heterocycles. The molecule has 0 aliphatic carbocycles. The van der Waals surface area contributed by atoms with E-state index >= 15 is 0 Å². The van der Waals surface area contributed by atoms with Gasteiger partial charge in [0.1, 0.15) is 22.3 Å². The van der Waals surface area contributed by atoms with Gasteiger partial charge in [0.05, 0.1) is 34.1 Å². The molecule has 0 atom stereocenters. The SMILES string of the molecule is Cc1cccc(N(c2cccc(-c3ccccc3)c2)c2cc3c4cc(N(c5cccc(-c6ccccc6)c5)c5cc(C)cc(-c6ccc(N(c7ccccc7-c7ccccc7)c7cc8c9cc(N(c%10cccc(C)c%10)c%10ccccc%10-c%10ccccc%10)c%10ccccc%10c9oc8c8ccccc78)cc6C)c5)c5ccccc5c4oc3c3ccccc23)c1. The van der Waals surface area contributed by atoms with E-state index in [0.717, 1.165) is 222 Å². The van der Waals surface area contributed by atoms with E-state index in [0.29, 0.717) is 0 Å². The zero-order chi connectivity index (χ0) is 81.5. The fourth-order valence-electron chi connectivity index (χ4n) is 18.8. The Bertz CT molecular complexity index is 7840. The first-order valence-electron chi connectivity index (χ1n) is 41.9. The summed E-state index contributed by atoms with van der Waals surface area (Å²) >= 11 is 0. The Kier molecular flexibility index (Phi) is 18.1. The van der Waals surface area contributed by atoms with Crippen LogP contribution in [-0.2, 0) is 0 Å². The zero-order valence-corrected chi connectivity index (χ0v) is 68.0. The van der Waals surface area contributed by atoms with Crippen molar-refractivity contribution in [2.75, 3.05) is 19.6 Å². The first kappa shape index (κ1) is 72.7. The van der Waals surface area contributed by atoms with Gasteiger partial charge in [-0.25, -0.2) is 0 Å². The van der Waals surface area contributed by atoms with Crippen molar-refractivity contribution in [2.24, 2.45) is 0 Å². The van der Waals surface area contributed by atoms with E-state index in [1.165, 1.54) is 11.1 Å². The Morgan fingerprint density at radius 2 is 0.451 bits per heavy atom. The minimum atomic E-state index is 0.836. The van der Waals surface area contributed by atoms with Crippen molar-refractivity contribution in [3.8, 4) is 55.6 Å². The molecule has 6 nitrogen and oxygen atoms in total. The van der Waals surface area contributed by atoms with Crippen LogP contribution >= 0.6 is 0 Å². The van der Waals surface area contributed by atoms with Crippen LogP contribution in [0.25, 0.3) is 143 Å². The third kappa shape index (κ3) is 12.7. The Morgan fingerprint density at radius 3 is 0.844 bits per heavy atom. The van der Waals surface area contributed by atoms with Gasteiger partial charge in [-0.05, 0) is 204 Å². The Morgan fingerprint density at radius 1 is 0.156 bits per heavy atom. The number of hydrogen-bond donors (Lipinski definition) is 0. The van der Waals surface area contributed by atoms with Crippen LogP contribution < -0.4 is 19.6 Å². The third-order valence-electron chi connectivity index (χ3n) is 24.3. The molecule has 0 bridgehead atoms. The van der Waals surface area contributed by atoms with Crippen molar-refractivity contribution in [1.29, 1.82) is 0 Å². The van der Waals surface area contributed by atoms with Crippen LogP contribution in [0.3, 0.4) is 0 Å². The van der Waals surface area contributed by atoms with Crippen LogP contribution in [0.2, 0.25) is 0 Å². The quantitative estimate of drug-likeness (QED) is 0.0905. The predicted octanol–water partition coefficient (Wildman–Crippen LogP) is 33.5. The summed E-state index contributed by atoms with van der Waals surface area (Å²) in [7, 11) is 0. The van der Waals surface area contributed by atoms with Crippen LogP contribution in [0, 0.1) is 27.7 Å². The van der Waals surface area contributed by atoms with Crippen molar-refractivity contribution < 1.29 is 8.83 Å². The highest BCUT2D eigenvalue weighted by molar-refractivity contribution is 6.28. The van der Waals surface area contributed by atoms with Gasteiger partial charge in [-0.2, -0.15) is 0 Å². The molecule has 6 heteroatoms. The van der Waals surface area contributed by atoms with E-state index in [2.05, 4.69) is 472 Å². The van der Waals surface area contributed by atoms with Crippen LogP contribution in [0.1, 0.15) is 22.3 Å². The minimum absolute atomic E-state index is 0.836. The maximum atomic E-state index is 7.46. The molecule has 0 radical (unpaired) electrons. The maximum Gasteiger partial charge on any atom is 0.143 e. The van der Waals surface area contributed by atoms with Gasteiger partial charge >= 0.3 is 0 Å². The van der Waals surface area contributed by atoms with Gasteiger partial charge in [-0.1, -0.05) is 315 Å². The number of para-hydroxylation sites is 2.